The van der Waals surface area contributed by atoms with Gasteiger partial charge < -0.3 is 19.5 Å². The molecule has 50 heavy (non-hydrogen) atoms. The molecule has 0 radical (unpaired) electrons. The number of alkyl halides is 3. The first-order chi connectivity index (χ1) is 24.2. The minimum Gasteiger partial charge on any atom is -0.417 e. The smallest absolute Gasteiger partial charge is 0.417 e. The molecule has 13 heteroatoms. The SMILES string of the molecule is C=CC.O=C(Nc1ccc(N2CCC(S(=O)NCc3ccccc3)CC2)nc1)c1oc(N2CCC(C3=CC=CCC=C3)CC2)nc1C(F)(F)F. The van der Waals surface area contributed by atoms with Crippen molar-refractivity contribution in [3.05, 3.63) is 114 Å². The fourth-order valence-corrected chi connectivity index (χ4v) is 7.25. The third-order valence-electron chi connectivity index (χ3n) is 8.67. The zero-order valence-electron chi connectivity index (χ0n) is 28.1. The molecule has 2 fully saturated rings. The summed E-state index contributed by atoms with van der Waals surface area (Å²) in [5.41, 5.74) is 1.15. The number of anilines is 3. The van der Waals surface area contributed by atoms with Crippen LogP contribution in [-0.2, 0) is 23.7 Å². The highest BCUT2D eigenvalue weighted by Gasteiger charge is 2.42. The Bertz CT molecular complexity index is 1690. The zero-order chi connectivity index (χ0) is 35.5. The van der Waals surface area contributed by atoms with E-state index in [0.717, 1.165) is 24.8 Å². The van der Waals surface area contributed by atoms with Gasteiger partial charge in [-0.05, 0) is 68.2 Å². The summed E-state index contributed by atoms with van der Waals surface area (Å²) in [6.45, 7) is 8.01. The van der Waals surface area contributed by atoms with Crippen LogP contribution in [0.4, 0.5) is 30.7 Å². The Morgan fingerprint density at radius 3 is 2.40 bits per heavy atom. The van der Waals surface area contributed by atoms with Crippen LogP contribution < -0.4 is 19.8 Å². The molecule has 1 aromatic carbocycles. The molecule has 3 aromatic rings. The summed E-state index contributed by atoms with van der Waals surface area (Å²) in [7, 11) is -1.17. The maximum Gasteiger partial charge on any atom is 0.437 e. The molecular formula is C37H43F3N6O3S. The molecule has 1 atom stereocenters. The Kier molecular flexibility index (Phi) is 12.8. The van der Waals surface area contributed by atoms with Crippen LogP contribution in [0.1, 0.15) is 60.8 Å². The second-order valence-electron chi connectivity index (χ2n) is 12.2. The van der Waals surface area contributed by atoms with Crippen molar-refractivity contribution in [3.63, 3.8) is 0 Å². The van der Waals surface area contributed by atoms with Gasteiger partial charge in [0.1, 0.15) is 5.82 Å². The molecule has 0 saturated carbocycles. The largest absolute Gasteiger partial charge is 0.437 e. The second-order valence-corrected chi connectivity index (χ2v) is 13.8. The Hall–Kier alpha value is -4.49. The van der Waals surface area contributed by atoms with Gasteiger partial charge in [-0.1, -0.05) is 66.8 Å². The predicted octanol–water partition coefficient (Wildman–Crippen LogP) is 7.61. The first-order valence-electron chi connectivity index (χ1n) is 16.8. The average molecular weight is 709 g/mol. The van der Waals surface area contributed by atoms with Crippen LogP contribution in [0.15, 0.2) is 102 Å². The number of piperidine rings is 2. The van der Waals surface area contributed by atoms with Crippen LogP contribution in [0.3, 0.4) is 0 Å². The highest BCUT2D eigenvalue weighted by Crippen LogP contribution is 2.36. The maximum absolute atomic E-state index is 13.9. The molecule has 2 saturated heterocycles. The standard InChI is InChI=1S/C34H37F3N6O3S.C3H6/c35-34(36,37)31-30(46-33(41-31)43-18-14-26(15-19-43)25-10-6-1-2-7-11-25)32(44)40-27-12-13-29(38-23-27)42-20-16-28(17-21-42)47(45)39-22-24-8-4-3-5-9-24;1-3-2/h1,3-13,23,26,28,39H,2,14-22H2,(H,40,44);3H,1H2,2H3. The van der Waals surface area contributed by atoms with Crippen molar-refractivity contribution in [2.45, 2.75) is 57.0 Å². The lowest BCUT2D eigenvalue weighted by atomic mass is 9.89. The molecule has 266 valence electrons. The maximum atomic E-state index is 13.9. The number of pyridine rings is 1. The number of benzene rings is 1. The lowest BCUT2D eigenvalue weighted by Crippen LogP contribution is -2.40. The number of halogens is 3. The van der Waals surface area contributed by atoms with Gasteiger partial charge in [-0.25, -0.2) is 13.9 Å². The molecular weight excluding hydrogens is 666 g/mol. The van der Waals surface area contributed by atoms with Gasteiger partial charge >= 0.3 is 6.18 Å². The Morgan fingerprint density at radius 2 is 1.74 bits per heavy atom. The topological polar surface area (TPSA) is 104 Å². The van der Waals surface area contributed by atoms with Gasteiger partial charge in [0.2, 0.25) is 5.76 Å². The van der Waals surface area contributed by atoms with E-state index in [0.29, 0.717) is 51.4 Å². The van der Waals surface area contributed by atoms with Crippen molar-refractivity contribution < 1.29 is 26.6 Å². The van der Waals surface area contributed by atoms with Crippen LogP contribution in [0, 0.1) is 5.92 Å². The zero-order valence-corrected chi connectivity index (χ0v) is 28.9. The molecule has 4 heterocycles. The Labute approximate surface area is 293 Å². The van der Waals surface area contributed by atoms with Crippen molar-refractivity contribution in [1.29, 1.82) is 0 Å². The first kappa shape index (κ1) is 36.8. The van der Waals surface area contributed by atoms with E-state index in [1.807, 2.05) is 43.3 Å². The van der Waals surface area contributed by atoms with E-state index in [4.69, 9.17) is 4.42 Å². The number of hydrogen-bond donors (Lipinski definition) is 2. The van der Waals surface area contributed by atoms with E-state index < -0.39 is 34.5 Å². The van der Waals surface area contributed by atoms with Crippen molar-refractivity contribution in [2.24, 2.45) is 5.92 Å². The summed E-state index contributed by atoms with van der Waals surface area (Å²) in [5, 5.41) is 2.50. The predicted molar refractivity (Wildman–Crippen MR) is 192 cm³/mol. The number of nitrogens with one attached hydrogen (secondary N) is 2. The number of allylic oxidation sites excluding steroid dienone is 7. The lowest BCUT2D eigenvalue weighted by molar-refractivity contribution is -0.141. The number of nitrogens with zero attached hydrogens (tertiary/aromatic N) is 4. The Morgan fingerprint density at radius 1 is 1.04 bits per heavy atom. The van der Waals surface area contributed by atoms with Gasteiger partial charge in [-0.15, -0.1) is 6.58 Å². The van der Waals surface area contributed by atoms with Crippen LogP contribution in [0.2, 0.25) is 0 Å². The third kappa shape index (κ3) is 9.81. The molecule has 9 nitrogen and oxygen atoms in total. The molecule has 6 rings (SSSR count). The molecule has 2 aromatic heterocycles. The van der Waals surface area contributed by atoms with Crippen molar-refractivity contribution >= 4 is 34.4 Å². The van der Waals surface area contributed by atoms with Crippen molar-refractivity contribution in [3.8, 4) is 0 Å². The summed E-state index contributed by atoms with van der Waals surface area (Å²) in [4.78, 5) is 24.9. The van der Waals surface area contributed by atoms with E-state index in [1.54, 1.807) is 23.1 Å². The minimum atomic E-state index is -4.87. The van der Waals surface area contributed by atoms with Crippen LogP contribution in [0.25, 0.3) is 0 Å². The van der Waals surface area contributed by atoms with E-state index in [-0.39, 0.29) is 22.9 Å². The van der Waals surface area contributed by atoms with Gasteiger partial charge in [0, 0.05) is 32.7 Å². The van der Waals surface area contributed by atoms with E-state index in [9.17, 15) is 22.2 Å². The molecule has 2 N–H and O–H groups in total. The molecule has 1 unspecified atom stereocenters. The number of carbonyl (C=O) groups excluding carboxylic acids is 1. The molecule has 0 spiro atoms. The monoisotopic (exact) mass is 708 g/mol. The van der Waals surface area contributed by atoms with E-state index in [1.165, 1.54) is 11.8 Å². The van der Waals surface area contributed by atoms with Gasteiger partial charge in [0.05, 0.1) is 28.1 Å². The van der Waals surface area contributed by atoms with Gasteiger partial charge in [0.15, 0.2) is 5.69 Å². The number of amides is 1. The normalized spacial score (nSPS) is 17.7. The van der Waals surface area contributed by atoms with Crippen molar-refractivity contribution in [2.75, 3.05) is 41.3 Å². The van der Waals surface area contributed by atoms with E-state index in [2.05, 4.69) is 55.8 Å². The third-order valence-corrected chi connectivity index (χ3v) is 10.2. The van der Waals surface area contributed by atoms with Gasteiger partial charge in [-0.2, -0.15) is 18.2 Å². The summed E-state index contributed by atoms with van der Waals surface area (Å²) in [6.07, 6.45) is 12.4. The summed E-state index contributed by atoms with van der Waals surface area (Å²) < 4.78 is 63.2. The number of carbonyl (C=O) groups is 1. The molecule has 0 bridgehead atoms. The van der Waals surface area contributed by atoms with Crippen molar-refractivity contribution in [1.82, 2.24) is 14.7 Å². The molecule has 1 amide bonds. The fraction of sp³-hybridized carbons (Fsp3) is 0.378. The number of oxazole rings is 1. The lowest BCUT2D eigenvalue weighted by Gasteiger charge is -2.32. The molecule has 3 aliphatic rings. The average Bonchev–Trinajstić information content (AvgIpc) is 3.42. The number of hydrogen-bond acceptors (Lipinski definition) is 7. The summed E-state index contributed by atoms with van der Waals surface area (Å²) >= 11 is 0. The van der Waals surface area contributed by atoms with Crippen LogP contribution in [-0.4, -0.2) is 51.5 Å². The van der Waals surface area contributed by atoms with Crippen LogP contribution in [0.5, 0.6) is 0 Å². The second kappa shape index (κ2) is 17.4. The quantitative estimate of drug-likeness (QED) is 0.221. The van der Waals surface area contributed by atoms with Gasteiger partial charge in [0.25, 0.3) is 11.9 Å². The van der Waals surface area contributed by atoms with E-state index >= 15 is 0 Å². The fourth-order valence-electron chi connectivity index (χ4n) is 6.06. The number of rotatable bonds is 9. The summed E-state index contributed by atoms with van der Waals surface area (Å²) in [5.74, 6) is -0.976. The summed E-state index contributed by atoms with van der Waals surface area (Å²) in [6, 6.07) is 12.9. The molecule has 1 aliphatic carbocycles. The first-order valence-corrected chi connectivity index (χ1v) is 18.0. The minimum absolute atomic E-state index is 0.0166. The highest BCUT2D eigenvalue weighted by atomic mass is 32.2. The van der Waals surface area contributed by atoms with Crippen LogP contribution >= 0.6 is 0 Å². The number of aromatic nitrogens is 2. The molecule has 2 aliphatic heterocycles. The highest BCUT2D eigenvalue weighted by molar-refractivity contribution is 7.83. The Balaban J connectivity index is 0.00000156. The van der Waals surface area contributed by atoms with Gasteiger partial charge in [-0.3, -0.25) is 4.79 Å².